The number of rotatable bonds is 5. The summed E-state index contributed by atoms with van der Waals surface area (Å²) < 4.78 is 13.2. The molecular weight excluding hydrogens is 343 g/mol. The number of nitrogens with zero attached hydrogens (tertiary/aromatic N) is 1. The summed E-state index contributed by atoms with van der Waals surface area (Å²) in [4.78, 5) is 19.7. The molecule has 5 nitrogen and oxygen atoms in total. The van der Waals surface area contributed by atoms with Crippen LogP contribution in [0.2, 0.25) is 0 Å². The number of benzene rings is 2. The summed E-state index contributed by atoms with van der Waals surface area (Å²) in [5.74, 6) is 0.0110. The molecule has 3 N–H and O–H groups in total. The molecule has 0 fully saturated rings. The second-order valence-corrected chi connectivity index (χ2v) is 6.15. The molecule has 6 heteroatoms. The summed E-state index contributed by atoms with van der Waals surface area (Å²) >= 11 is 0. The van der Waals surface area contributed by atoms with Crippen LogP contribution in [0.25, 0.3) is 10.9 Å². The van der Waals surface area contributed by atoms with Crippen molar-refractivity contribution in [3.63, 3.8) is 0 Å². The van der Waals surface area contributed by atoms with Crippen LogP contribution in [-0.4, -0.2) is 15.9 Å². The Hall–Kier alpha value is -3.67. The molecule has 0 aliphatic rings. The molecule has 4 rings (SSSR count). The first-order chi connectivity index (χ1) is 13.2. The summed E-state index contributed by atoms with van der Waals surface area (Å²) in [6, 6.07) is 17.5. The van der Waals surface area contributed by atoms with E-state index >= 15 is 0 Å². The predicted molar refractivity (Wildman–Crippen MR) is 105 cm³/mol. The largest absolute Gasteiger partial charge is 0.361 e. The normalized spacial score (nSPS) is 10.7. The van der Waals surface area contributed by atoms with Crippen LogP contribution in [0.4, 0.5) is 21.6 Å². The molecule has 0 atom stereocenters. The first-order valence-corrected chi connectivity index (χ1v) is 8.51. The molecule has 2 aromatic heterocycles. The Balaban J connectivity index is 1.40. The summed E-state index contributed by atoms with van der Waals surface area (Å²) in [6.07, 6.45) is 3.70. The van der Waals surface area contributed by atoms with Gasteiger partial charge in [-0.3, -0.25) is 4.79 Å². The second kappa shape index (κ2) is 7.29. The van der Waals surface area contributed by atoms with Crippen molar-refractivity contribution in [2.45, 2.75) is 6.42 Å². The maximum Gasteiger partial charge on any atom is 0.230 e. The fourth-order valence-electron chi connectivity index (χ4n) is 2.91. The van der Waals surface area contributed by atoms with Crippen molar-refractivity contribution in [3.05, 3.63) is 84.4 Å². The molecular formula is C21H17FN4O. The lowest BCUT2D eigenvalue weighted by Crippen LogP contribution is -2.15. The fourth-order valence-corrected chi connectivity index (χ4v) is 2.91. The third-order valence-electron chi connectivity index (χ3n) is 4.17. The number of nitrogens with one attached hydrogen (secondary N) is 3. The quantitative estimate of drug-likeness (QED) is 0.486. The molecule has 134 valence electrons. The first-order valence-electron chi connectivity index (χ1n) is 8.51. The van der Waals surface area contributed by atoms with Crippen LogP contribution in [0.3, 0.4) is 0 Å². The fraction of sp³-hybridized carbons (Fsp3) is 0.0476. The van der Waals surface area contributed by atoms with Gasteiger partial charge in [-0.15, -0.1) is 0 Å². The van der Waals surface area contributed by atoms with Crippen LogP contribution in [0, 0.1) is 5.82 Å². The van der Waals surface area contributed by atoms with E-state index in [9.17, 15) is 9.18 Å². The van der Waals surface area contributed by atoms with E-state index in [2.05, 4.69) is 20.6 Å². The molecule has 2 aromatic carbocycles. The molecule has 0 saturated heterocycles. The highest BCUT2D eigenvalue weighted by molar-refractivity contribution is 5.95. The lowest BCUT2D eigenvalue weighted by atomic mass is 10.1. The summed E-state index contributed by atoms with van der Waals surface area (Å²) in [5, 5.41) is 6.89. The molecule has 0 saturated carbocycles. The minimum Gasteiger partial charge on any atom is -0.361 e. The average molecular weight is 360 g/mol. The van der Waals surface area contributed by atoms with Gasteiger partial charge in [-0.05, 0) is 42.0 Å². The highest BCUT2D eigenvalue weighted by Crippen LogP contribution is 2.20. The standard InChI is InChI=1S/C21H17FN4O/c22-15-4-3-5-16(11-15)25-17-8-9-20(24-13-17)26-21(27)10-14-12-23-19-7-2-1-6-18(14)19/h1-9,11-13,23,25H,10H2,(H,24,26,27). The minimum atomic E-state index is -0.311. The van der Waals surface area contributed by atoms with Gasteiger partial charge in [-0.2, -0.15) is 0 Å². The summed E-state index contributed by atoms with van der Waals surface area (Å²) in [6.45, 7) is 0. The van der Waals surface area contributed by atoms with Gasteiger partial charge in [0.05, 0.1) is 18.3 Å². The number of carbonyl (C=O) groups excluding carboxylic acids is 1. The first kappa shape index (κ1) is 16.8. The van der Waals surface area contributed by atoms with Gasteiger partial charge in [0.1, 0.15) is 11.6 Å². The number of hydrogen-bond acceptors (Lipinski definition) is 3. The third-order valence-corrected chi connectivity index (χ3v) is 4.17. The Morgan fingerprint density at radius 3 is 2.74 bits per heavy atom. The molecule has 0 unspecified atom stereocenters. The SMILES string of the molecule is O=C(Cc1c[nH]c2ccccc12)Nc1ccc(Nc2cccc(F)c2)cn1. The zero-order valence-corrected chi connectivity index (χ0v) is 14.4. The van der Waals surface area contributed by atoms with Crippen molar-refractivity contribution >= 4 is 34.0 Å². The molecule has 0 aliphatic heterocycles. The zero-order chi connectivity index (χ0) is 18.6. The minimum absolute atomic E-state index is 0.141. The van der Waals surface area contributed by atoms with E-state index in [0.717, 1.165) is 16.5 Å². The third kappa shape index (κ3) is 3.95. The summed E-state index contributed by atoms with van der Waals surface area (Å²) in [7, 11) is 0. The molecule has 2 heterocycles. The van der Waals surface area contributed by atoms with E-state index < -0.39 is 0 Å². The van der Waals surface area contributed by atoms with Crippen LogP contribution < -0.4 is 10.6 Å². The van der Waals surface area contributed by atoms with E-state index in [4.69, 9.17) is 0 Å². The monoisotopic (exact) mass is 360 g/mol. The van der Waals surface area contributed by atoms with Crippen LogP contribution in [0.15, 0.2) is 73.1 Å². The van der Waals surface area contributed by atoms with Crippen LogP contribution >= 0.6 is 0 Å². The van der Waals surface area contributed by atoms with Gasteiger partial charge < -0.3 is 15.6 Å². The molecule has 0 radical (unpaired) electrons. The van der Waals surface area contributed by atoms with Crippen molar-refractivity contribution < 1.29 is 9.18 Å². The Morgan fingerprint density at radius 1 is 1.04 bits per heavy atom. The van der Waals surface area contributed by atoms with E-state index in [0.29, 0.717) is 17.2 Å². The number of hydrogen-bond donors (Lipinski definition) is 3. The van der Waals surface area contributed by atoms with Gasteiger partial charge >= 0.3 is 0 Å². The van der Waals surface area contributed by atoms with Crippen molar-refractivity contribution in [2.75, 3.05) is 10.6 Å². The molecule has 0 spiro atoms. The van der Waals surface area contributed by atoms with Crippen molar-refractivity contribution in [3.8, 4) is 0 Å². The smallest absolute Gasteiger partial charge is 0.230 e. The average Bonchev–Trinajstić information content (AvgIpc) is 3.06. The van der Waals surface area contributed by atoms with Gasteiger partial charge in [-0.1, -0.05) is 24.3 Å². The highest BCUT2D eigenvalue weighted by atomic mass is 19.1. The predicted octanol–water partition coefficient (Wildman–Crippen LogP) is 4.63. The van der Waals surface area contributed by atoms with E-state index in [1.165, 1.54) is 12.1 Å². The second-order valence-electron chi connectivity index (χ2n) is 6.15. The van der Waals surface area contributed by atoms with Crippen molar-refractivity contribution in [2.24, 2.45) is 0 Å². The number of fused-ring (bicyclic) bond motifs is 1. The molecule has 4 aromatic rings. The molecule has 27 heavy (non-hydrogen) atoms. The van der Waals surface area contributed by atoms with Gasteiger partial charge in [0.25, 0.3) is 0 Å². The maximum atomic E-state index is 13.2. The van der Waals surface area contributed by atoms with Gasteiger partial charge in [-0.25, -0.2) is 9.37 Å². The number of H-pyrrole nitrogens is 1. The number of para-hydroxylation sites is 1. The Labute approximate surface area is 155 Å². The molecule has 0 bridgehead atoms. The number of halogens is 1. The van der Waals surface area contributed by atoms with E-state index in [1.807, 2.05) is 30.5 Å². The van der Waals surface area contributed by atoms with Crippen molar-refractivity contribution in [1.29, 1.82) is 0 Å². The van der Waals surface area contributed by atoms with Crippen LogP contribution in [-0.2, 0) is 11.2 Å². The molecule has 0 aliphatic carbocycles. The number of pyridine rings is 1. The van der Waals surface area contributed by atoms with E-state index in [1.54, 1.807) is 30.5 Å². The lowest BCUT2D eigenvalue weighted by molar-refractivity contribution is -0.115. The van der Waals surface area contributed by atoms with Gasteiger partial charge in [0, 0.05) is 22.8 Å². The highest BCUT2D eigenvalue weighted by Gasteiger charge is 2.09. The van der Waals surface area contributed by atoms with Gasteiger partial charge in [0.2, 0.25) is 5.91 Å². The molecule has 1 amide bonds. The Bertz CT molecular complexity index is 1090. The maximum absolute atomic E-state index is 13.2. The number of aromatic nitrogens is 2. The Kier molecular flexibility index (Phi) is 4.53. The zero-order valence-electron chi connectivity index (χ0n) is 14.4. The number of carbonyl (C=O) groups is 1. The number of aromatic amines is 1. The van der Waals surface area contributed by atoms with Crippen LogP contribution in [0.1, 0.15) is 5.56 Å². The number of anilines is 3. The summed E-state index contributed by atoms with van der Waals surface area (Å²) in [5.41, 5.74) is 3.28. The Morgan fingerprint density at radius 2 is 1.93 bits per heavy atom. The topological polar surface area (TPSA) is 69.8 Å². The van der Waals surface area contributed by atoms with Crippen molar-refractivity contribution in [1.82, 2.24) is 9.97 Å². The van der Waals surface area contributed by atoms with Crippen LogP contribution in [0.5, 0.6) is 0 Å². The lowest BCUT2D eigenvalue weighted by Gasteiger charge is -2.08. The number of amides is 1. The van der Waals surface area contributed by atoms with E-state index in [-0.39, 0.29) is 18.1 Å². The van der Waals surface area contributed by atoms with Gasteiger partial charge in [0.15, 0.2) is 0 Å².